The molecule has 9 nitrogen and oxygen atoms in total. The molecule has 0 bridgehead atoms. The van der Waals surface area contributed by atoms with Crippen molar-refractivity contribution < 1.29 is 22.7 Å². The first-order chi connectivity index (χ1) is 17.0. The lowest BCUT2D eigenvalue weighted by Gasteiger charge is -2.23. The van der Waals surface area contributed by atoms with Crippen LogP contribution in [-0.4, -0.2) is 52.1 Å². The Morgan fingerprint density at radius 1 is 1.03 bits per heavy atom. The van der Waals surface area contributed by atoms with Gasteiger partial charge in [0.15, 0.2) is 0 Å². The molecule has 3 rings (SSSR count). The molecule has 192 valence electrons. The highest BCUT2D eigenvalue weighted by Crippen LogP contribution is 2.33. The van der Waals surface area contributed by atoms with Gasteiger partial charge in [-0.15, -0.1) is 0 Å². The number of hydrogen-bond acceptors (Lipinski definition) is 6. The summed E-state index contributed by atoms with van der Waals surface area (Å²) >= 11 is 0. The van der Waals surface area contributed by atoms with Gasteiger partial charge in [-0.25, -0.2) is 13.8 Å². The zero-order chi connectivity index (χ0) is 26.6. The fourth-order valence-corrected chi connectivity index (χ4v) is 4.74. The van der Waals surface area contributed by atoms with Crippen LogP contribution in [0, 0.1) is 27.7 Å². The standard InChI is InChI=1S/C26H32N4O5S/c1-17-8-9-22(12-18(17)2)30-19(3)13-21(20(30)4)15-27-28-26(31)16-29(36(7,32)33)24-14-23(34-5)10-11-25(24)35-6/h8-15H,16H2,1-7H3,(H,28,31)/b27-15+. The van der Waals surface area contributed by atoms with Crippen molar-refractivity contribution in [2.75, 3.05) is 31.3 Å². The summed E-state index contributed by atoms with van der Waals surface area (Å²) in [6.45, 7) is 7.65. The van der Waals surface area contributed by atoms with Gasteiger partial charge in [0.05, 0.1) is 32.4 Å². The predicted molar refractivity (Wildman–Crippen MR) is 142 cm³/mol. The Morgan fingerprint density at radius 3 is 2.36 bits per heavy atom. The summed E-state index contributed by atoms with van der Waals surface area (Å²) in [5.41, 5.74) is 8.91. The third-order valence-electron chi connectivity index (χ3n) is 5.95. The number of anilines is 1. The van der Waals surface area contributed by atoms with E-state index in [0.29, 0.717) is 5.75 Å². The number of sulfonamides is 1. The molecule has 10 heteroatoms. The van der Waals surface area contributed by atoms with Crippen molar-refractivity contribution in [3.05, 3.63) is 70.5 Å². The quantitative estimate of drug-likeness (QED) is 0.348. The van der Waals surface area contributed by atoms with E-state index in [-0.39, 0.29) is 11.4 Å². The van der Waals surface area contributed by atoms with Gasteiger partial charge in [-0.1, -0.05) is 6.07 Å². The van der Waals surface area contributed by atoms with Crippen LogP contribution in [0.15, 0.2) is 47.6 Å². The Labute approximate surface area is 212 Å². The average Bonchev–Trinajstić information content (AvgIpc) is 3.11. The van der Waals surface area contributed by atoms with Crippen molar-refractivity contribution in [1.82, 2.24) is 9.99 Å². The van der Waals surface area contributed by atoms with Crippen molar-refractivity contribution in [1.29, 1.82) is 0 Å². The maximum Gasteiger partial charge on any atom is 0.260 e. The summed E-state index contributed by atoms with van der Waals surface area (Å²) in [6.07, 6.45) is 2.57. The number of ether oxygens (including phenoxy) is 2. The largest absolute Gasteiger partial charge is 0.497 e. The summed E-state index contributed by atoms with van der Waals surface area (Å²) in [7, 11) is -0.924. The van der Waals surface area contributed by atoms with E-state index in [2.05, 4.69) is 47.1 Å². The number of hydrazone groups is 1. The molecule has 0 aliphatic rings. The van der Waals surface area contributed by atoms with Gasteiger partial charge in [0.2, 0.25) is 10.0 Å². The molecule has 1 N–H and O–H groups in total. The van der Waals surface area contributed by atoms with E-state index in [0.717, 1.165) is 33.2 Å². The normalized spacial score (nSPS) is 11.5. The molecule has 2 aromatic carbocycles. The molecule has 0 atom stereocenters. The van der Waals surface area contributed by atoms with E-state index >= 15 is 0 Å². The predicted octanol–water partition coefficient (Wildman–Crippen LogP) is 3.64. The first-order valence-corrected chi connectivity index (χ1v) is 13.1. The van der Waals surface area contributed by atoms with Crippen molar-refractivity contribution in [3.8, 4) is 17.2 Å². The minimum atomic E-state index is -3.81. The summed E-state index contributed by atoms with van der Waals surface area (Å²) in [4.78, 5) is 12.7. The van der Waals surface area contributed by atoms with Gasteiger partial charge < -0.3 is 14.0 Å². The topological polar surface area (TPSA) is 102 Å². The summed E-state index contributed by atoms with van der Waals surface area (Å²) in [5, 5.41) is 4.07. The van der Waals surface area contributed by atoms with Crippen molar-refractivity contribution >= 4 is 27.8 Å². The van der Waals surface area contributed by atoms with Gasteiger partial charge in [0, 0.05) is 28.7 Å². The molecule has 0 aliphatic heterocycles. The van der Waals surface area contributed by atoms with Gasteiger partial charge in [0.25, 0.3) is 5.91 Å². The number of amides is 1. The van der Waals surface area contributed by atoms with E-state index in [1.165, 1.54) is 31.4 Å². The minimum absolute atomic E-state index is 0.190. The Kier molecular flexibility index (Phi) is 8.09. The Morgan fingerprint density at radius 2 is 1.75 bits per heavy atom. The zero-order valence-corrected chi connectivity index (χ0v) is 22.4. The Balaban J connectivity index is 1.80. The fourth-order valence-electron chi connectivity index (χ4n) is 3.89. The molecule has 1 heterocycles. The highest BCUT2D eigenvalue weighted by molar-refractivity contribution is 7.92. The smallest absolute Gasteiger partial charge is 0.260 e. The zero-order valence-electron chi connectivity index (χ0n) is 21.6. The van der Waals surface area contributed by atoms with Crippen molar-refractivity contribution in [2.24, 2.45) is 5.10 Å². The molecule has 0 saturated carbocycles. The van der Waals surface area contributed by atoms with Crippen LogP contribution < -0.4 is 19.2 Å². The van der Waals surface area contributed by atoms with E-state index in [4.69, 9.17) is 9.47 Å². The van der Waals surface area contributed by atoms with Gasteiger partial charge in [0.1, 0.15) is 18.0 Å². The summed E-state index contributed by atoms with van der Waals surface area (Å²) in [5.74, 6) is 0.109. The van der Waals surface area contributed by atoms with Crippen LogP contribution in [0.3, 0.4) is 0 Å². The molecular weight excluding hydrogens is 480 g/mol. The number of carbonyl (C=O) groups excluding carboxylic acids is 1. The van der Waals surface area contributed by atoms with Gasteiger partial charge >= 0.3 is 0 Å². The van der Waals surface area contributed by atoms with Crippen LogP contribution in [0.5, 0.6) is 11.5 Å². The van der Waals surface area contributed by atoms with Crippen LogP contribution in [0.25, 0.3) is 5.69 Å². The lowest BCUT2D eigenvalue weighted by molar-refractivity contribution is -0.119. The Hall–Kier alpha value is -3.79. The van der Waals surface area contributed by atoms with E-state index in [1.807, 2.05) is 19.9 Å². The molecule has 36 heavy (non-hydrogen) atoms. The van der Waals surface area contributed by atoms with E-state index < -0.39 is 22.5 Å². The van der Waals surface area contributed by atoms with Gasteiger partial charge in [-0.05, 0) is 69.2 Å². The number of methoxy groups -OCH3 is 2. The number of hydrogen-bond donors (Lipinski definition) is 1. The maximum absolute atomic E-state index is 12.7. The third-order valence-corrected chi connectivity index (χ3v) is 7.08. The van der Waals surface area contributed by atoms with Crippen LogP contribution >= 0.6 is 0 Å². The molecule has 3 aromatic rings. The van der Waals surface area contributed by atoms with E-state index in [1.54, 1.807) is 18.3 Å². The first kappa shape index (κ1) is 26.8. The molecule has 0 unspecified atom stereocenters. The minimum Gasteiger partial charge on any atom is -0.497 e. The van der Waals surface area contributed by atoms with Crippen LogP contribution in [0.4, 0.5) is 5.69 Å². The monoisotopic (exact) mass is 512 g/mol. The van der Waals surface area contributed by atoms with Gasteiger partial charge in [-0.2, -0.15) is 5.10 Å². The number of carbonyl (C=O) groups is 1. The number of nitrogens with one attached hydrogen (secondary N) is 1. The second kappa shape index (κ2) is 10.9. The van der Waals surface area contributed by atoms with Gasteiger partial charge in [-0.3, -0.25) is 9.10 Å². The van der Waals surface area contributed by atoms with Crippen molar-refractivity contribution in [3.63, 3.8) is 0 Å². The first-order valence-electron chi connectivity index (χ1n) is 11.2. The lowest BCUT2D eigenvalue weighted by Crippen LogP contribution is -2.39. The number of nitrogens with zero attached hydrogens (tertiary/aromatic N) is 3. The average molecular weight is 513 g/mol. The molecule has 0 aliphatic carbocycles. The number of benzene rings is 2. The molecule has 0 saturated heterocycles. The molecule has 1 amide bonds. The second-order valence-corrected chi connectivity index (χ2v) is 10.4. The summed E-state index contributed by atoms with van der Waals surface area (Å²) in [6, 6.07) is 13.0. The number of rotatable bonds is 9. The fraction of sp³-hybridized carbons (Fsp3) is 0.308. The molecule has 1 aromatic heterocycles. The summed E-state index contributed by atoms with van der Waals surface area (Å²) < 4.78 is 38.6. The molecule has 0 spiro atoms. The highest BCUT2D eigenvalue weighted by Gasteiger charge is 2.24. The second-order valence-electron chi connectivity index (χ2n) is 8.53. The van der Waals surface area contributed by atoms with Crippen LogP contribution in [0.2, 0.25) is 0 Å². The Bertz CT molecular complexity index is 1410. The SMILES string of the molecule is COc1ccc(OC)c(N(CC(=O)N/N=C/c2cc(C)n(-c3ccc(C)c(C)c3)c2C)S(C)(=O)=O)c1. The van der Waals surface area contributed by atoms with Crippen LogP contribution in [-0.2, 0) is 14.8 Å². The molecule has 0 fully saturated rings. The third kappa shape index (κ3) is 5.88. The van der Waals surface area contributed by atoms with Crippen LogP contribution in [0.1, 0.15) is 28.1 Å². The number of aryl methyl sites for hydroxylation is 3. The molecular formula is C26H32N4O5S. The maximum atomic E-state index is 12.7. The van der Waals surface area contributed by atoms with Crippen molar-refractivity contribution in [2.45, 2.75) is 27.7 Å². The lowest BCUT2D eigenvalue weighted by atomic mass is 10.1. The van der Waals surface area contributed by atoms with E-state index in [9.17, 15) is 13.2 Å². The molecule has 0 radical (unpaired) electrons. The highest BCUT2D eigenvalue weighted by atomic mass is 32.2. The number of aromatic nitrogens is 1.